The third-order valence-electron chi connectivity index (χ3n) is 3.26. The third kappa shape index (κ3) is 4.52. The fourth-order valence-corrected chi connectivity index (χ4v) is 2.24. The van der Waals surface area contributed by atoms with Crippen LogP contribution in [-0.4, -0.2) is 37.1 Å². The van der Waals surface area contributed by atoms with Crippen molar-refractivity contribution in [3.63, 3.8) is 0 Å². The van der Waals surface area contributed by atoms with E-state index in [1.165, 1.54) is 32.0 Å². The standard InChI is InChI=1S/C14H20FN3O/c15-12-6-1-2-7-13(12)17-14(19)16-8-5-11-18-9-3-4-10-18/h1-2,6-7H,3-5,8-11H2,(H2,16,17,19). The lowest BCUT2D eigenvalue weighted by Gasteiger charge is -2.14. The molecule has 1 saturated heterocycles. The molecule has 0 unspecified atom stereocenters. The average molecular weight is 265 g/mol. The Morgan fingerprint density at radius 1 is 1.26 bits per heavy atom. The summed E-state index contributed by atoms with van der Waals surface area (Å²) in [7, 11) is 0. The molecule has 2 amide bonds. The molecule has 2 rings (SSSR count). The average Bonchev–Trinajstić information content (AvgIpc) is 2.91. The van der Waals surface area contributed by atoms with Gasteiger partial charge in [-0.25, -0.2) is 9.18 Å². The number of halogens is 1. The molecule has 0 radical (unpaired) electrons. The first-order valence-corrected chi connectivity index (χ1v) is 6.77. The van der Waals surface area contributed by atoms with Gasteiger partial charge in [-0.15, -0.1) is 0 Å². The largest absolute Gasteiger partial charge is 0.338 e. The van der Waals surface area contributed by atoms with Crippen LogP contribution < -0.4 is 10.6 Å². The summed E-state index contributed by atoms with van der Waals surface area (Å²) in [6.45, 7) is 3.96. The molecule has 2 N–H and O–H groups in total. The molecule has 0 saturated carbocycles. The van der Waals surface area contributed by atoms with Gasteiger partial charge in [-0.1, -0.05) is 12.1 Å². The topological polar surface area (TPSA) is 44.4 Å². The van der Waals surface area contributed by atoms with Gasteiger partial charge >= 0.3 is 6.03 Å². The Hall–Kier alpha value is -1.62. The lowest BCUT2D eigenvalue weighted by Crippen LogP contribution is -2.32. The van der Waals surface area contributed by atoms with Crippen LogP contribution in [0.15, 0.2) is 24.3 Å². The number of carbonyl (C=O) groups excluding carboxylic acids is 1. The number of nitrogens with zero attached hydrogens (tertiary/aromatic N) is 1. The van der Waals surface area contributed by atoms with Crippen molar-refractivity contribution in [2.24, 2.45) is 0 Å². The first-order valence-electron chi connectivity index (χ1n) is 6.77. The molecular formula is C14H20FN3O. The van der Waals surface area contributed by atoms with Crippen LogP contribution in [0, 0.1) is 5.82 Å². The predicted molar refractivity (Wildman–Crippen MR) is 73.7 cm³/mol. The van der Waals surface area contributed by atoms with Crippen molar-refractivity contribution in [1.29, 1.82) is 0 Å². The summed E-state index contributed by atoms with van der Waals surface area (Å²) in [4.78, 5) is 14.0. The number of anilines is 1. The fourth-order valence-electron chi connectivity index (χ4n) is 2.24. The van der Waals surface area contributed by atoms with E-state index in [4.69, 9.17) is 0 Å². The summed E-state index contributed by atoms with van der Waals surface area (Å²) < 4.78 is 13.3. The normalized spacial score (nSPS) is 15.4. The Balaban J connectivity index is 1.63. The molecule has 0 bridgehead atoms. The summed E-state index contributed by atoms with van der Waals surface area (Å²) in [6.07, 6.45) is 3.48. The lowest BCUT2D eigenvalue weighted by molar-refractivity contribution is 0.250. The molecule has 1 aliphatic rings. The molecule has 1 fully saturated rings. The zero-order valence-electron chi connectivity index (χ0n) is 11.0. The van der Waals surface area contributed by atoms with Gasteiger partial charge in [0.2, 0.25) is 0 Å². The highest BCUT2D eigenvalue weighted by Crippen LogP contribution is 2.11. The van der Waals surface area contributed by atoms with Crippen molar-refractivity contribution < 1.29 is 9.18 Å². The summed E-state index contributed by atoms with van der Waals surface area (Å²) in [5.41, 5.74) is 0.208. The van der Waals surface area contributed by atoms with Crippen molar-refractivity contribution in [3.8, 4) is 0 Å². The number of amides is 2. The van der Waals surface area contributed by atoms with Gasteiger partial charge in [0.25, 0.3) is 0 Å². The van der Waals surface area contributed by atoms with Crippen LogP contribution in [0.5, 0.6) is 0 Å². The van der Waals surface area contributed by atoms with Gasteiger partial charge in [-0.3, -0.25) is 0 Å². The van der Waals surface area contributed by atoms with E-state index in [9.17, 15) is 9.18 Å². The van der Waals surface area contributed by atoms with Crippen molar-refractivity contribution in [1.82, 2.24) is 10.2 Å². The summed E-state index contributed by atoms with van der Waals surface area (Å²) >= 11 is 0. The van der Waals surface area contributed by atoms with Crippen LogP contribution in [0.2, 0.25) is 0 Å². The minimum atomic E-state index is -0.422. The molecule has 1 aliphatic heterocycles. The number of hydrogen-bond donors (Lipinski definition) is 2. The number of rotatable bonds is 5. The van der Waals surface area contributed by atoms with E-state index in [2.05, 4.69) is 15.5 Å². The lowest BCUT2D eigenvalue weighted by atomic mass is 10.3. The second kappa shape index (κ2) is 7.09. The van der Waals surface area contributed by atoms with Gasteiger partial charge in [0.1, 0.15) is 5.82 Å². The van der Waals surface area contributed by atoms with Crippen molar-refractivity contribution in [3.05, 3.63) is 30.1 Å². The van der Waals surface area contributed by atoms with E-state index in [-0.39, 0.29) is 11.7 Å². The van der Waals surface area contributed by atoms with Crippen LogP contribution in [0.25, 0.3) is 0 Å². The number of hydrogen-bond acceptors (Lipinski definition) is 2. The number of nitrogens with one attached hydrogen (secondary N) is 2. The van der Waals surface area contributed by atoms with E-state index in [0.717, 1.165) is 13.0 Å². The second-order valence-electron chi connectivity index (χ2n) is 4.76. The first kappa shape index (κ1) is 13.8. The first-order chi connectivity index (χ1) is 9.25. The zero-order chi connectivity index (χ0) is 13.5. The fraction of sp³-hybridized carbons (Fsp3) is 0.500. The highest BCUT2D eigenvalue weighted by Gasteiger charge is 2.10. The number of carbonyl (C=O) groups is 1. The Labute approximate surface area is 113 Å². The molecule has 104 valence electrons. The number of urea groups is 1. The van der Waals surface area contributed by atoms with Gasteiger partial charge in [0.15, 0.2) is 0 Å². The van der Waals surface area contributed by atoms with E-state index in [1.807, 2.05) is 0 Å². The molecule has 5 heteroatoms. The monoisotopic (exact) mass is 265 g/mol. The van der Waals surface area contributed by atoms with Crippen LogP contribution in [0.4, 0.5) is 14.9 Å². The molecule has 1 aromatic rings. The molecule has 0 aromatic heterocycles. The smallest absolute Gasteiger partial charge is 0.319 e. The van der Waals surface area contributed by atoms with Gasteiger partial charge in [0.05, 0.1) is 5.69 Å². The molecule has 0 atom stereocenters. The SMILES string of the molecule is O=C(NCCCN1CCCC1)Nc1ccccc1F. The molecule has 4 nitrogen and oxygen atoms in total. The van der Waals surface area contributed by atoms with Crippen molar-refractivity contribution >= 4 is 11.7 Å². The van der Waals surface area contributed by atoms with Crippen LogP contribution in [0.3, 0.4) is 0 Å². The van der Waals surface area contributed by atoms with Gasteiger partial charge in [0, 0.05) is 6.54 Å². The molecule has 1 heterocycles. The number of benzene rings is 1. The Bertz CT molecular complexity index is 419. The maximum atomic E-state index is 13.3. The van der Waals surface area contributed by atoms with E-state index in [1.54, 1.807) is 18.2 Å². The quantitative estimate of drug-likeness (QED) is 0.803. The van der Waals surface area contributed by atoms with Crippen molar-refractivity contribution in [2.75, 3.05) is 31.5 Å². The van der Waals surface area contributed by atoms with E-state index < -0.39 is 5.82 Å². The zero-order valence-corrected chi connectivity index (χ0v) is 11.0. The number of para-hydroxylation sites is 1. The Morgan fingerprint density at radius 3 is 2.74 bits per heavy atom. The van der Waals surface area contributed by atoms with Crippen LogP contribution in [-0.2, 0) is 0 Å². The molecule has 0 spiro atoms. The maximum absolute atomic E-state index is 13.3. The van der Waals surface area contributed by atoms with E-state index in [0.29, 0.717) is 6.54 Å². The minimum Gasteiger partial charge on any atom is -0.338 e. The molecule has 19 heavy (non-hydrogen) atoms. The predicted octanol–water partition coefficient (Wildman–Crippen LogP) is 2.43. The van der Waals surface area contributed by atoms with Crippen molar-refractivity contribution in [2.45, 2.75) is 19.3 Å². The molecular weight excluding hydrogens is 245 g/mol. The second-order valence-corrected chi connectivity index (χ2v) is 4.76. The van der Waals surface area contributed by atoms with Gasteiger partial charge in [-0.05, 0) is 51.0 Å². The summed E-state index contributed by atoms with van der Waals surface area (Å²) in [5, 5.41) is 5.24. The van der Waals surface area contributed by atoms with Crippen LogP contribution >= 0.6 is 0 Å². The number of likely N-dealkylation sites (tertiary alicyclic amines) is 1. The Morgan fingerprint density at radius 2 is 2.00 bits per heavy atom. The van der Waals surface area contributed by atoms with Gasteiger partial charge in [-0.2, -0.15) is 0 Å². The minimum absolute atomic E-state index is 0.208. The summed E-state index contributed by atoms with van der Waals surface area (Å²) in [5.74, 6) is -0.422. The molecule has 1 aromatic carbocycles. The molecule has 0 aliphatic carbocycles. The van der Waals surface area contributed by atoms with Crippen LogP contribution in [0.1, 0.15) is 19.3 Å². The highest BCUT2D eigenvalue weighted by atomic mass is 19.1. The Kier molecular flexibility index (Phi) is 5.15. The maximum Gasteiger partial charge on any atom is 0.319 e. The highest BCUT2D eigenvalue weighted by molar-refractivity contribution is 5.89. The third-order valence-corrected chi connectivity index (χ3v) is 3.26. The van der Waals surface area contributed by atoms with E-state index >= 15 is 0 Å². The van der Waals surface area contributed by atoms with Gasteiger partial charge < -0.3 is 15.5 Å². The summed E-state index contributed by atoms with van der Waals surface area (Å²) in [6, 6.07) is 5.79.